The van der Waals surface area contributed by atoms with Gasteiger partial charge in [0.1, 0.15) is 11.1 Å². The number of piperidine rings is 3. The summed E-state index contributed by atoms with van der Waals surface area (Å²) in [4.78, 5) is 20.8. The van der Waals surface area contributed by atoms with Crippen LogP contribution in [0.4, 0.5) is 5.13 Å². The Morgan fingerprint density at radius 3 is 3.00 bits per heavy atom. The fourth-order valence-electron chi connectivity index (χ4n) is 4.17. The molecule has 1 unspecified atom stereocenters. The van der Waals surface area contributed by atoms with Crippen molar-refractivity contribution in [3.8, 4) is 6.01 Å². The van der Waals surface area contributed by atoms with E-state index < -0.39 is 0 Å². The first-order valence-electron chi connectivity index (χ1n) is 8.64. The predicted octanol–water partition coefficient (Wildman–Crippen LogP) is 1.75. The van der Waals surface area contributed by atoms with Gasteiger partial charge in [0.15, 0.2) is 9.96 Å². The van der Waals surface area contributed by atoms with Gasteiger partial charge < -0.3 is 9.47 Å². The van der Waals surface area contributed by atoms with Crippen molar-refractivity contribution in [3.63, 3.8) is 0 Å². The maximum Gasteiger partial charge on any atom is 0.317 e. The van der Waals surface area contributed by atoms with Gasteiger partial charge in [0.25, 0.3) is 6.02 Å². The quantitative estimate of drug-likeness (QED) is 0.873. The maximum atomic E-state index is 6.40. The van der Waals surface area contributed by atoms with Gasteiger partial charge in [0.05, 0.1) is 13.3 Å². The van der Waals surface area contributed by atoms with Crippen molar-refractivity contribution >= 4 is 32.8 Å². The molecular formula is C16H20N6O2S. The molecule has 4 aliphatic heterocycles. The van der Waals surface area contributed by atoms with E-state index in [-0.39, 0.29) is 5.60 Å². The first-order chi connectivity index (χ1) is 12.2. The van der Waals surface area contributed by atoms with Crippen molar-refractivity contribution in [2.45, 2.75) is 24.9 Å². The number of amidine groups is 1. The second-order valence-corrected chi connectivity index (χ2v) is 7.82. The third-order valence-electron chi connectivity index (χ3n) is 5.44. The van der Waals surface area contributed by atoms with Gasteiger partial charge in [-0.3, -0.25) is 10.2 Å². The Hall–Kier alpha value is -2.00. The Morgan fingerprint density at radius 1 is 1.36 bits per heavy atom. The molecule has 4 aliphatic rings. The van der Waals surface area contributed by atoms with Gasteiger partial charge in [0.2, 0.25) is 0 Å². The zero-order chi connectivity index (χ0) is 16.9. The van der Waals surface area contributed by atoms with Gasteiger partial charge in [-0.05, 0) is 25.9 Å². The van der Waals surface area contributed by atoms with Crippen LogP contribution in [0.2, 0.25) is 0 Å². The Bertz CT molecular complexity index is 831. The van der Waals surface area contributed by atoms with E-state index in [4.69, 9.17) is 9.47 Å². The van der Waals surface area contributed by atoms with Gasteiger partial charge >= 0.3 is 6.01 Å². The normalized spacial score (nSPS) is 31.0. The minimum absolute atomic E-state index is 0.0830. The maximum absolute atomic E-state index is 6.40. The Morgan fingerprint density at radius 2 is 2.24 bits per heavy atom. The molecular weight excluding hydrogens is 340 g/mol. The van der Waals surface area contributed by atoms with Crippen LogP contribution in [0.5, 0.6) is 6.01 Å². The highest BCUT2D eigenvalue weighted by Crippen LogP contribution is 2.42. The summed E-state index contributed by atoms with van der Waals surface area (Å²) in [6.45, 7) is 4.22. The smallest absolute Gasteiger partial charge is 0.317 e. The number of nitrogens with one attached hydrogen (secondary N) is 1. The first-order valence-corrected chi connectivity index (χ1v) is 9.46. The molecule has 2 aromatic rings. The summed E-state index contributed by atoms with van der Waals surface area (Å²) in [5.41, 5.74) is 0.655. The lowest BCUT2D eigenvalue weighted by Crippen LogP contribution is -2.62. The minimum atomic E-state index is -0.0830. The standard InChI is InChI=1S/C16H20N6O2S/c1-23-13-18-8-11-12(20-13)25-15(19-11)21-14-17-5-4-16(24-14)9-22-6-2-10(16)3-7-22/h8,10H,2-7,9H2,1H3,(H,17,19,21). The molecule has 3 saturated heterocycles. The van der Waals surface area contributed by atoms with Crippen LogP contribution in [0.15, 0.2) is 11.2 Å². The van der Waals surface area contributed by atoms with Crippen LogP contribution in [0, 0.1) is 5.92 Å². The van der Waals surface area contributed by atoms with Crippen LogP contribution in [0.25, 0.3) is 10.3 Å². The molecule has 0 amide bonds. The monoisotopic (exact) mass is 360 g/mol. The van der Waals surface area contributed by atoms with Gasteiger partial charge in [-0.25, -0.2) is 15.0 Å². The minimum Gasteiger partial charge on any atom is -0.467 e. The molecule has 1 N–H and O–H groups in total. The number of aromatic nitrogens is 3. The zero-order valence-electron chi connectivity index (χ0n) is 14.1. The molecule has 6 heterocycles. The van der Waals surface area contributed by atoms with Crippen LogP contribution in [-0.4, -0.2) is 64.8 Å². The molecule has 0 saturated carbocycles. The van der Waals surface area contributed by atoms with E-state index in [1.54, 1.807) is 13.3 Å². The number of thiazole rings is 1. The number of fused-ring (bicyclic) bond motifs is 3. The summed E-state index contributed by atoms with van der Waals surface area (Å²) in [6.07, 6.45) is 5.12. The van der Waals surface area contributed by atoms with Gasteiger partial charge in [-0.2, -0.15) is 4.98 Å². The summed E-state index contributed by atoms with van der Waals surface area (Å²) >= 11 is 1.45. The number of methoxy groups -OCH3 is 1. The van der Waals surface area contributed by atoms with Gasteiger partial charge in [0, 0.05) is 25.4 Å². The van der Waals surface area contributed by atoms with Crippen LogP contribution in [0.3, 0.4) is 0 Å². The van der Waals surface area contributed by atoms with Crippen LogP contribution < -0.4 is 10.1 Å². The molecule has 2 bridgehead atoms. The third kappa shape index (κ3) is 2.62. The SMILES string of the molecule is COc1ncc2nc(NC3=NCCC4(CN5CCC4CC5)O3)sc2n1. The number of hydrogen-bond donors (Lipinski definition) is 1. The van der Waals surface area contributed by atoms with Crippen LogP contribution in [0.1, 0.15) is 19.3 Å². The second-order valence-electron chi connectivity index (χ2n) is 6.85. The fraction of sp³-hybridized carbons (Fsp3) is 0.625. The highest BCUT2D eigenvalue weighted by Gasteiger charge is 2.50. The number of rotatable bonds is 2. The van der Waals surface area contributed by atoms with Gasteiger partial charge in [-0.1, -0.05) is 11.3 Å². The van der Waals surface area contributed by atoms with Crippen molar-refractivity contribution < 1.29 is 9.47 Å². The van der Waals surface area contributed by atoms with E-state index in [1.165, 1.54) is 37.3 Å². The van der Waals surface area contributed by atoms with Crippen LogP contribution >= 0.6 is 11.3 Å². The third-order valence-corrected chi connectivity index (χ3v) is 6.32. The molecule has 0 aromatic carbocycles. The average Bonchev–Trinajstić information content (AvgIpc) is 3.03. The summed E-state index contributed by atoms with van der Waals surface area (Å²) in [5.74, 6) is 0.635. The summed E-state index contributed by atoms with van der Waals surface area (Å²) in [6, 6.07) is 0.930. The van der Waals surface area contributed by atoms with Crippen molar-refractivity contribution in [1.82, 2.24) is 19.9 Å². The largest absolute Gasteiger partial charge is 0.467 e. The molecule has 25 heavy (non-hydrogen) atoms. The molecule has 3 fully saturated rings. The number of ether oxygens (including phenoxy) is 2. The van der Waals surface area contributed by atoms with E-state index in [0.29, 0.717) is 18.0 Å². The Kier molecular flexibility index (Phi) is 3.53. The van der Waals surface area contributed by atoms with Crippen LogP contribution in [-0.2, 0) is 4.74 Å². The molecule has 1 spiro atoms. The first kappa shape index (κ1) is 15.3. The number of aliphatic imine (C=N–C) groups is 1. The zero-order valence-corrected chi connectivity index (χ0v) is 14.9. The molecule has 1 atom stereocenters. The molecule has 0 aliphatic carbocycles. The lowest BCUT2D eigenvalue weighted by atomic mass is 9.73. The molecule has 0 radical (unpaired) electrons. The van der Waals surface area contributed by atoms with Crippen molar-refractivity contribution in [3.05, 3.63) is 6.20 Å². The fourth-order valence-corrected chi connectivity index (χ4v) is 4.97. The molecule has 132 valence electrons. The lowest BCUT2D eigenvalue weighted by molar-refractivity contribution is -0.109. The molecule has 8 nitrogen and oxygen atoms in total. The highest BCUT2D eigenvalue weighted by atomic mass is 32.1. The van der Waals surface area contributed by atoms with E-state index in [0.717, 1.165) is 35.0 Å². The lowest BCUT2D eigenvalue weighted by Gasteiger charge is -2.53. The van der Waals surface area contributed by atoms with E-state index in [9.17, 15) is 0 Å². The van der Waals surface area contributed by atoms with E-state index in [2.05, 4.69) is 30.2 Å². The molecule has 2 aromatic heterocycles. The van der Waals surface area contributed by atoms with Crippen molar-refractivity contribution in [2.24, 2.45) is 10.9 Å². The molecule has 6 rings (SSSR count). The Labute approximate surface area is 149 Å². The average molecular weight is 360 g/mol. The van der Waals surface area contributed by atoms with E-state index >= 15 is 0 Å². The highest BCUT2D eigenvalue weighted by molar-refractivity contribution is 7.21. The number of nitrogens with zero attached hydrogens (tertiary/aromatic N) is 5. The predicted molar refractivity (Wildman–Crippen MR) is 95.3 cm³/mol. The Balaban J connectivity index is 1.36. The summed E-state index contributed by atoms with van der Waals surface area (Å²) in [7, 11) is 1.55. The van der Waals surface area contributed by atoms with E-state index in [1.807, 2.05) is 0 Å². The second kappa shape index (κ2) is 5.77. The number of hydrogen-bond acceptors (Lipinski definition) is 9. The number of anilines is 1. The summed E-state index contributed by atoms with van der Waals surface area (Å²) in [5, 5.41) is 3.96. The topological polar surface area (TPSA) is 84.8 Å². The van der Waals surface area contributed by atoms with Crippen molar-refractivity contribution in [2.75, 3.05) is 38.6 Å². The van der Waals surface area contributed by atoms with Gasteiger partial charge in [-0.15, -0.1) is 0 Å². The van der Waals surface area contributed by atoms with Crippen molar-refractivity contribution in [1.29, 1.82) is 0 Å². The molecule has 9 heteroatoms. The summed E-state index contributed by atoms with van der Waals surface area (Å²) < 4.78 is 11.5.